The summed E-state index contributed by atoms with van der Waals surface area (Å²) in [4.78, 5) is 15.2. The molecule has 0 radical (unpaired) electrons. The standard InChI is InChI=1S/C21H24F2N2OS.ClH/c1-24-14-15-9-11-25(12-10-15)21(26)20(16-5-3-2-4-6-16)27-19-13-17(22)7-8-18(19)23;/h2-8,13,15,20,24H,9-12,14H2,1H3;1H. The second-order valence-corrected chi connectivity index (χ2v) is 7.96. The first-order chi connectivity index (χ1) is 13.1. The van der Waals surface area contributed by atoms with Crippen molar-refractivity contribution in [3.05, 3.63) is 65.7 Å². The van der Waals surface area contributed by atoms with Crippen LogP contribution in [0.15, 0.2) is 53.4 Å². The molecule has 0 aromatic heterocycles. The zero-order chi connectivity index (χ0) is 19.2. The number of carbonyl (C=O) groups is 1. The highest BCUT2D eigenvalue weighted by atomic mass is 35.5. The number of likely N-dealkylation sites (tertiary alicyclic amines) is 1. The SMILES string of the molecule is CNCC1CCN(C(=O)C(Sc2cc(F)ccc2F)c2ccccc2)CC1.Cl. The van der Waals surface area contributed by atoms with Gasteiger partial charge in [-0.05, 0) is 56.1 Å². The van der Waals surface area contributed by atoms with Crippen molar-refractivity contribution in [3.63, 3.8) is 0 Å². The molecule has 152 valence electrons. The fourth-order valence-electron chi connectivity index (χ4n) is 3.40. The van der Waals surface area contributed by atoms with Gasteiger partial charge in [-0.1, -0.05) is 30.3 Å². The van der Waals surface area contributed by atoms with Crippen LogP contribution in [0.2, 0.25) is 0 Å². The smallest absolute Gasteiger partial charge is 0.240 e. The number of hydrogen-bond acceptors (Lipinski definition) is 3. The minimum Gasteiger partial charge on any atom is -0.341 e. The Kier molecular flexibility index (Phi) is 8.73. The van der Waals surface area contributed by atoms with Gasteiger partial charge < -0.3 is 10.2 Å². The number of hydrogen-bond donors (Lipinski definition) is 1. The van der Waals surface area contributed by atoms with E-state index in [1.807, 2.05) is 42.3 Å². The Morgan fingerprint density at radius 2 is 1.86 bits per heavy atom. The number of thioether (sulfide) groups is 1. The molecule has 3 rings (SSSR count). The number of benzene rings is 2. The van der Waals surface area contributed by atoms with Gasteiger partial charge in [0.15, 0.2) is 0 Å². The predicted octanol–water partition coefficient (Wildman–Crippen LogP) is 4.68. The first-order valence-corrected chi connectivity index (χ1v) is 10.1. The van der Waals surface area contributed by atoms with Gasteiger partial charge in [-0.3, -0.25) is 4.79 Å². The lowest BCUT2D eigenvalue weighted by molar-refractivity contribution is -0.132. The maximum absolute atomic E-state index is 14.2. The van der Waals surface area contributed by atoms with Gasteiger partial charge in [-0.25, -0.2) is 8.78 Å². The number of amides is 1. The monoisotopic (exact) mass is 426 g/mol. The minimum absolute atomic E-state index is 0. The Labute approximate surface area is 175 Å². The summed E-state index contributed by atoms with van der Waals surface area (Å²) in [5.74, 6) is -0.491. The van der Waals surface area contributed by atoms with Gasteiger partial charge in [-0.2, -0.15) is 0 Å². The summed E-state index contributed by atoms with van der Waals surface area (Å²) in [5.41, 5.74) is 0.800. The Bertz CT molecular complexity index is 770. The second-order valence-electron chi connectivity index (χ2n) is 6.81. The lowest BCUT2D eigenvalue weighted by atomic mass is 9.96. The van der Waals surface area contributed by atoms with Crippen molar-refractivity contribution in [2.75, 3.05) is 26.7 Å². The molecule has 0 bridgehead atoms. The van der Waals surface area contributed by atoms with Crippen molar-refractivity contribution in [2.45, 2.75) is 23.0 Å². The van der Waals surface area contributed by atoms with E-state index in [2.05, 4.69) is 5.32 Å². The Hall–Kier alpha value is -1.63. The molecule has 1 amide bonds. The van der Waals surface area contributed by atoms with Crippen LogP contribution >= 0.6 is 24.2 Å². The van der Waals surface area contributed by atoms with Crippen LogP contribution in [0.4, 0.5) is 8.78 Å². The average Bonchev–Trinajstić information content (AvgIpc) is 2.69. The largest absolute Gasteiger partial charge is 0.341 e. The fraction of sp³-hybridized carbons (Fsp3) is 0.381. The maximum atomic E-state index is 14.2. The molecule has 2 aromatic carbocycles. The normalized spacial score (nSPS) is 15.8. The average molecular weight is 427 g/mol. The van der Waals surface area contributed by atoms with Gasteiger partial charge in [0, 0.05) is 18.0 Å². The molecule has 1 aliphatic heterocycles. The van der Waals surface area contributed by atoms with Crippen LogP contribution in [0, 0.1) is 17.6 Å². The van der Waals surface area contributed by atoms with Crippen LogP contribution in [0.25, 0.3) is 0 Å². The van der Waals surface area contributed by atoms with Crippen molar-refractivity contribution < 1.29 is 13.6 Å². The van der Waals surface area contributed by atoms with E-state index in [9.17, 15) is 13.6 Å². The molecule has 28 heavy (non-hydrogen) atoms. The zero-order valence-corrected chi connectivity index (χ0v) is 17.4. The van der Waals surface area contributed by atoms with Gasteiger partial charge >= 0.3 is 0 Å². The summed E-state index contributed by atoms with van der Waals surface area (Å²) in [7, 11) is 1.94. The Balaban J connectivity index is 0.00000280. The van der Waals surface area contributed by atoms with Gasteiger partial charge in [0.1, 0.15) is 16.9 Å². The van der Waals surface area contributed by atoms with E-state index in [-0.39, 0.29) is 23.2 Å². The molecule has 1 unspecified atom stereocenters. The molecule has 0 saturated carbocycles. The predicted molar refractivity (Wildman–Crippen MR) is 112 cm³/mol. The van der Waals surface area contributed by atoms with Crippen LogP contribution in [0.1, 0.15) is 23.7 Å². The highest BCUT2D eigenvalue weighted by Crippen LogP contribution is 2.39. The van der Waals surface area contributed by atoms with Crippen molar-refractivity contribution in [3.8, 4) is 0 Å². The number of rotatable bonds is 6. The molecule has 2 aromatic rings. The Morgan fingerprint density at radius 1 is 1.18 bits per heavy atom. The van der Waals surface area contributed by atoms with Crippen molar-refractivity contribution in [1.29, 1.82) is 0 Å². The lowest BCUT2D eigenvalue weighted by Gasteiger charge is -2.34. The molecule has 1 atom stereocenters. The van der Waals surface area contributed by atoms with E-state index in [1.54, 1.807) is 0 Å². The summed E-state index contributed by atoms with van der Waals surface area (Å²) < 4.78 is 27.8. The molecule has 7 heteroatoms. The highest BCUT2D eigenvalue weighted by molar-refractivity contribution is 8.00. The van der Waals surface area contributed by atoms with E-state index in [1.165, 1.54) is 0 Å². The molecule has 1 aliphatic rings. The van der Waals surface area contributed by atoms with Crippen LogP contribution in [-0.2, 0) is 4.79 Å². The van der Waals surface area contributed by atoms with Crippen molar-refractivity contribution in [2.24, 2.45) is 5.92 Å². The van der Waals surface area contributed by atoms with Gasteiger partial charge in [0.2, 0.25) is 5.91 Å². The first kappa shape index (κ1) is 22.7. The summed E-state index contributed by atoms with van der Waals surface area (Å²) in [6.45, 7) is 2.34. The fourth-order valence-corrected chi connectivity index (χ4v) is 4.55. The zero-order valence-electron chi connectivity index (χ0n) is 15.7. The highest BCUT2D eigenvalue weighted by Gasteiger charge is 2.30. The number of nitrogens with one attached hydrogen (secondary N) is 1. The lowest BCUT2D eigenvalue weighted by Crippen LogP contribution is -2.42. The quantitative estimate of drug-likeness (QED) is 0.681. The molecule has 3 nitrogen and oxygen atoms in total. The number of nitrogens with zero attached hydrogens (tertiary/aromatic N) is 1. The molecule has 1 saturated heterocycles. The summed E-state index contributed by atoms with van der Waals surface area (Å²) in [6.07, 6.45) is 1.90. The molecule has 0 spiro atoms. The van der Waals surface area contributed by atoms with E-state index >= 15 is 0 Å². The third-order valence-electron chi connectivity index (χ3n) is 4.88. The summed E-state index contributed by atoms with van der Waals surface area (Å²) >= 11 is 1.08. The molecule has 0 aliphatic carbocycles. The van der Waals surface area contributed by atoms with Crippen LogP contribution in [-0.4, -0.2) is 37.5 Å². The molecule has 1 fully saturated rings. The van der Waals surface area contributed by atoms with Gasteiger partial charge in [-0.15, -0.1) is 24.2 Å². The number of halogens is 3. The molecule has 1 N–H and O–H groups in total. The minimum atomic E-state index is -0.594. The third kappa shape index (κ3) is 5.69. The summed E-state index contributed by atoms with van der Waals surface area (Å²) in [5, 5.41) is 2.60. The number of carbonyl (C=O) groups excluding carboxylic acids is 1. The van der Waals surface area contributed by atoms with Gasteiger partial charge in [0.05, 0.1) is 0 Å². The van der Waals surface area contributed by atoms with E-state index in [0.29, 0.717) is 19.0 Å². The first-order valence-electron chi connectivity index (χ1n) is 9.18. The molecular formula is C21H25ClF2N2OS. The second kappa shape index (κ2) is 10.8. The topological polar surface area (TPSA) is 32.3 Å². The summed E-state index contributed by atoms with van der Waals surface area (Å²) in [6, 6.07) is 12.7. The van der Waals surface area contributed by atoms with E-state index < -0.39 is 16.9 Å². The molecular weight excluding hydrogens is 402 g/mol. The van der Waals surface area contributed by atoms with Crippen molar-refractivity contribution >= 4 is 30.1 Å². The van der Waals surface area contributed by atoms with Crippen LogP contribution in [0.3, 0.4) is 0 Å². The van der Waals surface area contributed by atoms with Crippen LogP contribution in [0.5, 0.6) is 0 Å². The third-order valence-corrected chi connectivity index (χ3v) is 6.16. The van der Waals surface area contributed by atoms with Crippen molar-refractivity contribution in [1.82, 2.24) is 10.2 Å². The Morgan fingerprint density at radius 3 is 2.50 bits per heavy atom. The van der Waals surface area contributed by atoms with Crippen LogP contribution < -0.4 is 5.32 Å². The maximum Gasteiger partial charge on any atom is 0.240 e. The van der Waals surface area contributed by atoms with Gasteiger partial charge in [0.25, 0.3) is 0 Å². The molecule has 1 heterocycles. The van der Waals surface area contributed by atoms with E-state index in [0.717, 1.165) is 54.9 Å². The van der Waals surface area contributed by atoms with E-state index in [4.69, 9.17) is 0 Å². The number of piperidine rings is 1.